The van der Waals surface area contributed by atoms with Crippen molar-refractivity contribution in [2.75, 3.05) is 0 Å². The summed E-state index contributed by atoms with van der Waals surface area (Å²) in [7, 11) is 0. The van der Waals surface area contributed by atoms with Crippen LogP contribution < -0.4 is 4.74 Å². The highest BCUT2D eigenvalue weighted by molar-refractivity contribution is 9.10. The van der Waals surface area contributed by atoms with Gasteiger partial charge < -0.3 is 9.84 Å². The molecule has 0 saturated heterocycles. The summed E-state index contributed by atoms with van der Waals surface area (Å²) < 4.78 is 6.62. The van der Waals surface area contributed by atoms with E-state index in [9.17, 15) is 5.11 Å². The third-order valence-corrected chi connectivity index (χ3v) is 3.34. The maximum atomic E-state index is 10.0. The summed E-state index contributed by atoms with van der Waals surface area (Å²) in [6.45, 7) is 6.32. The Morgan fingerprint density at radius 1 is 1.05 bits per heavy atom. The molecule has 2 aromatic carbocycles. The summed E-state index contributed by atoms with van der Waals surface area (Å²) in [5.74, 6) is 1.31. The number of halogens is 1. The minimum atomic E-state index is 0.00574. The first kappa shape index (κ1) is 13.9. The minimum absolute atomic E-state index is 0.00574. The van der Waals surface area contributed by atoms with Gasteiger partial charge in [0.15, 0.2) is 11.5 Å². The van der Waals surface area contributed by atoms with Crippen LogP contribution in [0, 0.1) is 0 Å². The zero-order chi connectivity index (χ0) is 14.0. The maximum Gasteiger partial charge on any atom is 0.169 e. The largest absolute Gasteiger partial charge is 0.504 e. The van der Waals surface area contributed by atoms with E-state index in [1.54, 1.807) is 12.1 Å². The van der Waals surface area contributed by atoms with Gasteiger partial charge in [-0.25, -0.2) is 0 Å². The van der Waals surface area contributed by atoms with E-state index in [1.807, 2.05) is 30.3 Å². The Morgan fingerprint density at radius 2 is 1.79 bits per heavy atom. The molecule has 0 spiro atoms. The molecule has 0 aliphatic rings. The van der Waals surface area contributed by atoms with Crippen molar-refractivity contribution in [3.05, 3.63) is 52.5 Å². The van der Waals surface area contributed by atoms with Crippen molar-refractivity contribution in [1.82, 2.24) is 0 Å². The van der Waals surface area contributed by atoms with Crippen molar-refractivity contribution < 1.29 is 9.84 Å². The first-order valence-electron chi connectivity index (χ1n) is 6.13. The van der Waals surface area contributed by atoms with Crippen molar-refractivity contribution in [3.8, 4) is 17.2 Å². The molecule has 0 heterocycles. The highest BCUT2D eigenvalue weighted by Gasteiger charge is 2.16. The van der Waals surface area contributed by atoms with Crippen LogP contribution in [0.2, 0.25) is 0 Å². The zero-order valence-corrected chi connectivity index (χ0v) is 12.9. The molecule has 19 heavy (non-hydrogen) atoms. The van der Waals surface area contributed by atoms with Crippen LogP contribution in [0.15, 0.2) is 46.9 Å². The normalized spacial score (nSPS) is 11.4. The van der Waals surface area contributed by atoms with Gasteiger partial charge in [-0.05, 0) is 41.3 Å². The molecule has 0 aliphatic heterocycles. The molecule has 0 unspecified atom stereocenters. The second-order valence-corrected chi connectivity index (χ2v) is 6.41. The predicted molar refractivity (Wildman–Crippen MR) is 81.0 cm³/mol. The van der Waals surface area contributed by atoms with Crippen molar-refractivity contribution >= 4 is 15.9 Å². The Labute approximate surface area is 122 Å². The topological polar surface area (TPSA) is 29.5 Å². The van der Waals surface area contributed by atoms with Crippen molar-refractivity contribution in [2.45, 2.75) is 26.2 Å². The van der Waals surface area contributed by atoms with Gasteiger partial charge in [-0.3, -0.25) is 0 Å². The maximum absolute atomic E-state index is 10.0. The van der Waals surface area contributed by atoms with Crippen LogP contribution in [0.5, 0.6) is 17.2 Å². The van der Waals surface area contributed by atoms with Crippen molar-refractivity contribution in [3.63, 3.8) is 0 Å². The minimum Gasteiger partial charge on any atom is -0.504 e. The van der Waals surface area contributed by atoms with Gasteiger partial charge in [-0.1, -0.05) is 48.8 Å². The summed E-state index contributed by atoms with van der Waals surface area (Å²) in [4.78, 5) is 0. The third-order valence-electron chi connectivity index (χ3n) is 2.85. The summed E-state index contributed by atoms with van der Waals surface area (Å²) in [5, 5.41) is 10.0. The SMILES string of the molecule is CC(C)(C)c1ccc(Oc2cccc(Br)c2)c(O)c1. The fourth-order valence-corrected chi connectivity index (χ4v) is 2.11. The van der Waals surface area contributed by atoms with E-state index in [0.717, 1.165) is 10.0 Å². The van der Waals surface area contributed by atoms with E-state index in [4.69, 9.17) is 4.74 Å². The van der Waals surface area contributed by atoms with Gasteiger partial charge in [-0.15, -0.1) is 0 Å². The number of hydrogen-bond acceptors (Lipinski definition) is 2. The predicted octanol–water partition coefficient (Wildman–Crippen LogP) is 5.24. The molecule has 3 heteroatoms. The molecular weight excluding hydrogens is 304 g/mol. The lowest BCUT2D eigenvalue weighted by molar-refractivity contribution is 0.409. The first-order valence-corrected chi connectivity index (χ1v) is 6.92. The molecule has 1 N–H and O–H groups in total. The molecule has 0 radical (unpaired) electrons. The lowest BCUT2D eigenvalue weighted by Crippen LogP contribution is -2.10. The highest BCUT2D eigenvalue weighted by atomic mass is 79.9. The lowest BCUT2D eigenvalue weighted by atomic mass is 9.87. The fourth-order valence-electron chi connectivity index (χ4n) is 1.73. The van der Waals surface area contributed by atoms with Gasteiger partial charge in [0.25, 0.3) is 0 Å². The van der Waals surface area contributed by atoms with Crippen LogP contribution >= 0.6 is 15.9 Å². The number of phenols is 1. The second-order valence-electron chi connectivity index (χ2n) is 5.49. The van der Waals surface area contributed by atoms with E-state index in [-0.39, 0.29) is 11.2 Å². The number of rotatable bonds is 2. The smallest absolute Gasteiger partial charge is 0.169 e. The Morgan fingerprint density at radius 3 is 2.37 bits per heavy atom. The molecule has 0 bridgehead atoms. The van der Waals surface area contributed by atoms with Gasteiger partial charge in [0.05, 0.1) is 0 Å². The van der Waals surface area contributed by atoms with E-state index >= 15 is 0 Å². The molecule has 0 aliphatic carbocycles. The number of phenolic OH excluding ortho intramolecular Hbond substituents is 1. The number of benzene rings is 2. The van der Waals surface area contributed by atoms with Gasteiger partial charge in [0.1, 0.15) is 5.75 Å². The fraction of sp³-hybridized carbons (Fsp3) is 0.250. The van der Waals surface area contributed by atoms with Crippen LogP contribution in [0.1, 0.15) is 26.3 Å². The van der Waals surface area contributed by atoms with Crippen molar-refractivity contribution in [1.29, 1.82) is 0 Å². The van der Waals surface area contributed by atoms with Crippen LogP contribution in [-0.4, -0.2) is 5.11 Å². The quantitative estimate of drug-likeness (QED) is 0.819. The van der Waals surface area contributed by atoms with Gasteiger partial charge in [-0.2, -0.15) is 0 Å². The Kier molecular flexibility index (Phi) is 3.85. The van der Waals surface area contributed by atoms with E-state index < -0.39 is 0 Å². The molecule has 2 nitrogen and oxygen atoms in total. The average molecular weight is 321 g/mol. The highest BCUT2D eigenvalue weighted by Crippen LogP contribution is 2.35. The van der Waals surface area contributed by atoms with Crippen molar-refractivity contribution in [2.24, 2.45) is 0 Å². The van der Waals surface area contributed by atoms with Crippen LogP contribution in [0.4, 0.5) is 0 Å². The first-order chi connectivity index (χ1) is 8.86. The summed E-state index contributed by atoms with van der Waals surface area (Å²) >= 11 is 3.39. The molecule has 0 fully saturated rings. The zero-order valence-electron chi connectivity index (χ0n) is 11.3. The van der Waals surface area contributed by atoms with E-state index in [1.165, 1.54) is 0 Å². The second kappa shape index (κ2) is 5.25. The molecule has 0 aromatic heterocycles. The lowest BCUT2D eigenvalue weighted by Gasteiger charge is -2.20. The van der Waals surface area contributed by atoms with Gasteiger partial charge >= 0.3 is 0 Å². The molecule has 0 atom stereocenters. The van der Waals surface area contributed by atoms with E-state index in [0.29, 0.717) is 11.5 Å². The molecule has 100 valence electrons. The summed E-state index contributed by atoms with van der Waals surface area (Å²) in [6, 6.07) is 13.1. The van der Waals surface area contributed by atoms with Crippen LogP contribution in [0.3, 0.4) is 0 Å². The Bertz CT molecular complexity index is 586. The molecular formula is C16H17BrO2. The average Bonchev–Trinajstić information content (AvgIpc) is 2.30. The van der Waals surface area contributed by atoms with Crippen LogP contribution in [0.25, 0.3) is 0 Å². The molecule has 0 saturated carbocycles. The number of ether oxygens (including phenoxy) is 1. The van der Waals surface area contributed by atoms with E-state index in [2.05, 4.69) is 36.7 Å². The monoisotopic (exact) mass is 320 g/mol. The standard InChI is InChI=1S/C16H17BrO2/c1-16(2,3)11-7-8-15(14(18)9-11)19-13-6-4-5-12(17)10-13/h4-10,18H,1-3H3. The van der Waals surface area contributed by atoms with Crippen LogP contribution in [-0.2, 0) is 5.41 Å². The third kappa shape index (κ3) is 3.51. The molecule has 0 amide bonds. The number of hydrogen-bond donors (Lipinski definition) is 1. The Balaban J connectivity index is 2.27. The van der Waals surface area contributed by atoms with Gasteiger partial charge in [0, 0.05) is 4.47 Å². The molecule has 2 rings (SSSR count). The van der Waals surface area contributed by atoms with Gasteiger partial charge in [0.2, 0.25) is 0 Å². The summed E-state index contributed by atoms with van der Waals surface area (Å²) in [5.41, 5.74) is 1.08. The summed E-state index contributed by atoms with van der Waals surface area (Å²) in [6.07, 6.45) is 0. The number of aromatic hydroxyl groups is 1. The Hall–Kier alpha value is -1.48. The molecule has 2 aromatic rings.